The Bertz CT molecular complexity index is 377. The summed E-state index contributed by atoms with van der Waals surface area (Å²) in [5.74, 6) is -1.93. The number of nitrogens with zero attached hydrogens (tertiary/aromatic N) is 1. The molecule has 0 bridgehead atoms. The molecule has 8 nitrogen and oxygen atoms in total. The van der Waals surface area contributed by atoms with Gasteiger partial charge in [-0.1, -0.05) is 0 Å². The fourth-order valence-corrected chi connectivity index (χ4v) is 2.23. The Kier molecular flexibility index (Phi) is 5.75. The maximum Gasteiger partial charge on any atom is 0.326 e. The van der Waals surface area contributed by atoms with Gasteiger partial charge >= 0.3 is 12.0 Å². The first-order valence-electron chi connectivity index (χ1n) is 6.56. The second kappa shape index (κ2) is 7.09. The predicted octanol–water partition coefficient (Wildman–Crippen LogP) is -0.883. The molecule has 2 unspecified atom stereocenters. The van der Waals surface area contributed by atoms with Crippen molar-refractivity contribution in [3.05, 3.63) is 0 Å². The molecule has 8 heteroatoms. The molecule has 114 valence electrons. The third-order valence-electron chi connectivity index (χ3n) is 3.51. The van der Waals surface area contributed by atoms with Crippen LogP contribution in [0.5, 0.6) is 0 Å². The molecule has 0 spiro atoms. The largest absolute Gasteiger partial charge is 0.480 e. The van der Waals surface area contributed by atoms with E-state index in [1.54, 1.807) is 6.92 Å². The van der Waals surface area contributed by atoms with Crippen LogP contribution in [0, 0.1) is 5.92 Å². The number of nitrogens with one attached hydrogen (secondary N) is 1. The van der Waals surface area contributed by atoms with Gasteiger partial charge in [-0.3, -0.25) is 4.79 Å². The number of carboxylic acids is 1. The smallest absolute Gasteiger partial charge is 0.326 e. The van der Waals surface area contributed by atoms with E-state index in [2.05, 4.69) is 5.32 Å². The monoisotopic (exact) mass is 287 g/mol. The van der Waals surface area contributed by atoms with Gasteiger partial charge in [0.05, 0.1) is 12.5 Å². The molecule has 1 heterocycles. The van der Waals surface area contributed by atoms with Crippen molar-refractivity contribution in [2.75, 3.05) is 13.1 Å². The number of likely N-dealkylation sites (tertiary alicyclic amines) is 1. The number of amides is 3. The zero-order chi connectivity index (χ0) is 15.3. The summed E-state index contributed by atoms with van der Waals surface area (Å²) in [5, 5.41) is 20.7. The van der Waals surface area contributed by atoms with E-state index in [0.717, 1.165) is 0 Å². The van der Waals surface area contributed by atoms with E-state index in [4.69, 9.17) is 10.8 Å². The minimum atomic E-state index is -1.31. The van der Waals surface area contributed by atoms with Gasteiger partial charge in [0, 0.05) is 13.1 Å². The Morgan fingerprint density at radius 2 is 1.90 bits per heavy atom. The van der Waals surface area contributed by atoms with Gasteiger partial charge in [-0.15, -0.1) is 0 Å². The quantitative estimate of drug-likeness (QED) is 0.521. The van der Waals surface area contributed by atoms with Crippen LogP contribution in [0.3, 0.4) is 0 Å². The van der Waals surface area contributed by atoms with Crippen molar-refractivity contribution >= 4 is 17.9 Å². The molecule has 1 aliphatic rings. The summed E-state index contributed by atoms with van der Waals surface area (Å²) < 4.78 is 0. The maximum absolute atomic E-state index is 11.9. The molecule has 0 aromatic carbocycles. The molecule has 0 radical (unpaired) electrons. The first-order chi connectivity index (χ1) is 9.31. The molecule has 1 rings (SSSR count). The number of hydrogen-bond acceptors (Lipinski definition) is 4. The Labute approximate surface area is 116 Å². The van der Waals surface area contributed by atoms with Crippen molar-refractivity contribution in [2.24, 2.45) is 11.7 Å². The second-order valence-corrected chi connectivity index (χ2v) is 5.08. The summed E-state index contributed by atoms with van der Waals surface area (Å²) in [4.78, 5) is 35.1. The van der Waals surface area contributed by atoms with Crippen LogP contribution in [-0.4, -0.2) is 58.3 Å². The molecular formula is C12H21N3O5. The van der Waals surface area contributed by atoms with E-state index in [9.17, 15) is 19.5 Å². The van der Waals surface area contributed by atoms with Gasteiger partial charge in [-0.2, -0.15) is 0 Å². The molecule has 1 saturated heterocycles. The molecule has 0 saturated carbocycles. The number of carbonyl (C=O) groups is 3. The highest BCUT2D eigenvalue weighted by molar-refractivity contribution is 5.87. The predicted molar refractivity (Wildman–Crippen MR) is 69.7 cm³/mol. The van der Waals surface area contributed by atoms with E-state index in [1.807, 2.05) is 0 Å². The number of rotatable bonds is 5. The lowest BCUT2D eigenvalue weighted by Crippen LogP contribution is -2.51. The molecule has 0 aromatic rings. The van der Waals surface area contributed by atoms with Crippen molar-refractivity contribution in [3.63, 3.8) is 0 Å². The molecule has 0 aromatic heterocycles. The first kappa shape index (κ1) is 16.2. The van der Waals surface area contributed by atoms with Crippen molar-refractivity contribution in [1.29, 1.82) is 0 Å². The van der Waals surface area contributed by atoms with Gasteiger partial charge in [0.25, 0.3) is 0 Å². The highest BCUT2D eigenvalue weighted by Crippen LogP contribution is 2.20. The normalized spacial score (nSPS) is 19.2. The Balaban J connectivity index is 2.50. The van der Waals surface area contributed by atoms with Crippen molar-refractivity contribution in [2.45, 2.75) is 38.3 Å². The summed E-state index contributed by atoms with van der Waals surface area (Å²) in [6, 6.07) is -1.84. The molecule has 5 N–H and O–H groups in total. The minimum absolute atomic E-state index is 0.153. The number of aliphatic hydroxyl groups excluding tert-OH is 1. The van der Waals surface area contributed by atoms with Crippen LogP contribution in [0.15, 0.2) is 0 Å². The number of aliphatic hydroxyl groups is 1. The number of hydrogen-bond donors (Lipinski definition) is 4. The summed E-state index contributed by atoms with van der Waals surface area (Å²) >= 11 is 0. The Hall–Kier alpha value is -1.83. The number of piperidine rings is 1. The number of carbonyl (C=O) groups excluding carboxylic acids is 2. The fourth-order valence-electron chi connectivity index (χ4n) is 2.23. The molecule has 20 heavy (non-hydrogen) atoms. The van der Waals surface area contributed by atoms with Gasteiger partial charge in [0.2, 0.25) is 5.91 Å². The first-order valence-corrected chi connectivity index (χ1v) is 6.56. The number of nitrogens with two attached hydrogens (primary N) is 1. The van der Waals surface area contributed by atoms with E-state index < -0.39 is 36.5 Å². The van der Waals surface area contributed by atoms with Gasteiger partial charge in [-0.05, 0) is 25.7 Å². The molecule has 3 amide bonds. The lowest BCUT2D eigenvalue weighted by atomic mass is 9.92. The lowest BCUT2D eigenvalue weighted by molar-refractivity contribution is -0.141. The van der Waals surface area contributed by atoms with Crippen LogP contribution in [0.1, 0.15) is 26.2 Å². The fraction of sp³-hybridized carbons (Fsp3) is 0.750. The Morgan fingerprint density at radius 1 is 1.35 bits per heavy atom. The third kappa shape index (κ3) is 4.69. The topological polar surface area (TPSA) is 133 Å². The summed E-state index contributed by atoms with van der Waals surface area (Å²) in [7, 11) is 0. The van der Waals surface area contributed by atoms with Crippen molar-refractivity contribution in [3.8, 4) is 0 Å². The van der Waals surface area contributed by atoms with E-state index in [1.165, 1.54) is 4.90 Å². The van der Waals surface area contributed by atoms with E-state index in [0.29, 0.717) is 25.9 Å². The molecule has 0 aliphatic carbocycles. The number of aliphatic carboxylic acids is 1. The van der Waals surface area contributed by atoms with Crippen LogP contribution < -0.4 is 11.1 Å². The van der Waals surface area contributed by atoms with Crippen LogP contribution in [0.25, 0.3) is 0 Å². The van der Waals surface area contributed by atoms with Crippen LogP contribution in [0.2, 0.25) is 0 Å². The zero-order valence-electron chi connectivity index (χ0n) is 11.4. The van der Waals surface area contributed by atoms with Gasteiger partial charge in [0.15, 0.2) is 0 Å². The summed E-state index contributed by atoms with van der Waals surface area (Å²) in [6.07, 6.45) is 0.476. The SMILES string of the molecule is CC(O)C1CCN(C(=O)NC(CC(N)=O)C(=O)O)CC1. The number of carboxylic acid groups (broad SMARTS) is 1. The second-order valence-electron chi connectivity index (χ2n) is 5.08. The molecule has 1 aliphatic heterocycles. The van der Waals surface area contributed by atoms with E-state index in [-0.39, 0.29) is 5.92 Å². The van der Waals surface area contributed by atoms with Crippen LogP contribution in [0.4, 0.5) is 4.79 Å². The maximum atomic E-state index is 11.9. The number of urea groups is 1. The average Bonchev–Trinajstić information content (AvgIpc) is 2.37. The van der Waals surface area contributed by atoms with Crippen LogP contribution >= 0.6 is 0 Å². The van der Waals surface area contributed by atoms with Gasteiger partial charge in [0.1, 0.15) is 6.04 Å². The summed E-state index contributed by atoms with van der Waals surface area (Å²) in [5.41, 5.74) is 4.94. The molecule has 2 atom stereocenters. The molecular weight excluding hydrogens is 266 g/mol. The standard InChI is InChI=1S/C12H21N3O5/c1-7(16)8-2-4-15(5-3-8)12(20)14-9(11(18)19)6-10(13)17/h7-9,16H,2-6H2,1H3,(H2,13,17)(H,14,20)(H,18,19). The van der Waals surface area contributed by atoms with Crippen LogP contribution in [-0.2, 0) is 9.59 Å². The van der Waals surface area contributed by atoms with Gasteiger partial charge < -0.3 is 26.2 Å². The average molecular weight is 287 g/mol. The zero-order valence-corrected chi connectivity index (χ0v) is 11.4. The van der Waals surface area contributed by atoms with E-state index >= 15 is 0 Å². The highest BCUT2D eigenvalue weighted by Gasteiger charge is 2.28. The summed E-state index contributed by atoms with van der Waals surface area (Å²) in [6.45, 7) is 2.61. The number of primary amides is 1. The molecule has 1 fully saturated rings. The minimum Gasteiger partial charge on any atom is -0.480 e. The van der Waals surface area contributed by atoms with Crippen molar-refractivity contribution < 1.29 is 24.6 Å². The third-order valence-corrected chi connectivity index (χ3v) is 3.51. The van der Waals surface area contributed by atoms with Gasteiger partial charge in [-0.25, -0.2) is 9.59 Å². The highest BCUT2D eigenvalue weighted by atomic mass is 16.4. The lowest BCUT2D eigenvalue weighted by Gasteiger charge is -2.33. The van der Waals surface area contributed by atoms with Crippen molar-refractivity contribution in [1.82, 2.24) is 10.2 Å². The Morgan fingerprint density at radius 3 is 2.30 bits per heavy atom.